The van der Waals surface area contributed by atoms with E-state index in [0.717, 1.165) is 23.2 Å². The van der Waals surface area contributed by atoms with Crippen LogP contribution in [0.25, 0.3) is 11.3 Å². The van der Waals surface area contributed by atoms with Crippen LogP contribution in [-0.4, -0.2) is 36.3 Å². The van der Waals surface area contributed by atoms with Crippen molar-refractivity contribution in [3.05, 3.63) is 41.2 Å². The zero-order chi connectivity index (χ0) is 22.6. The topological polar surface area (TPSA) is 135 Å². The van der Waals surface area contributed by atoms with Crippen molar-refractivity contribution >= 4 is 27.2 Å². The second-order valence-corrected chi connectivity index (χ2v) is 10.2. The van der Waals surface area contributed by atoms with E-state index in [1.807, 2.05) is 36.4 Å². The van der Waals surface area contributed by atoms with Gasteiger partial charge in [0.05, 0.1) is 28.9 Å². The van der Waals surface area contributed by atoms with Crippen molar-refractivity contribution in [1.29, 1.82) is 5.26 Å². The summed E-state index contributed by atoms with van der Waals surface area (Å²) in [5.41, 5.74) is 9.70. The van der Waals surface area contributed by atoms with E-state index in [9.17, 15) is 9.47 Å². The fourth-order valence-electron chi connectivity index (χ4n) is 4.14. The van der Waals surface area contributed by atoms with Crippen molar-refractivity contribution in [2.75, 3.05) is 22.3 Å². The summed E-state index contributed by atoms with van der Waals surface area (Å²) in [6.45, 7) is 4.47. The van der Waals surface area contributed by atoms with Gasteiger partial charge in [-0.2, -0.15) is 14.7 Å². The van der Waals surface area contributed by atoms with Crippen LogP contribution in [0.15, 0.2) is 28.8 Å². The van der Waals surface area contributed by atoms with Gasteiger partial charge in [-0.15, -0.1) is 0 Å². The molecule has 4 heterocycles. The summed E-state index contributed by atoms with van der Waals surface area (Å²) >= 11 is 0. The van der Waals surface area contributed by atoms with Crippen molar-refractivity contribution in [1.82, 2.24) is 19.7 Å². The highest BCUT2D eigenvalue weighted by molar-refractivity contribution is 7.95. The lowest BCUT2D eigenvalue weighted by Gasteiger charge is -2.27. The molecule has 164 valence electrons. The Morgan fingerprint density at radius 1 is 1.38 bits per heavy atom. The second-order valence-electron chi connectivity index (χ2n) is 7.91. The van der Waals surface area contributed by atoms with Gasteiger partial charge in [0.15, 0.2) is 11.6 Å². The molecule has 2 atom stereocenters. The molecule has 0 radical (unpaired) electrons. The van der Waals surface area contributed by atoms with Crippen molar-refractivity contribution < 1.29 is 8.95 Å². The molecular formula is C21H22N8O2S. The summed E-state index contributed by atoms with van der Waals surface area (Å²) in [6, 6.07) is 8.07. The van der Waals surface area contributed by atoms with Crippen LogP contribution in [0, 0.1) is 18.3 Å². The molecule has 1 aromatic carbocycles. The Hall–Kier alpha value is -3.65. The molecule has 1 fully saturated rings. The predicted octanol–water partition coefficient (Wildman–Crippen LogP) is 3.02. The fraction of sp³-hybridized carbons (Fsp3) is 0.333. The molecule has 0 aliphatic carbocycles. The number of nitriles is 1. The van der Waals surface area contributed by atoms with E-state index in [-0.39, 0.29) is 23.2 Å². The van der Waals surface area contributed by atoms with Gasteiger partial charge in [-0.1, -0.05) is 17.7 Å². The number of hydrogen-bond donors (Lipinski definition) is 1. The van der Waals surface area contributed by atoms with Crippen molar-refractivity contribution in [2.45, 2.75) is 26.4 Å². The van der Waals surface area contributed by atoms with E-state index in [1.54, 1.807) is 7.05 Å². The fourth-order valence-corrected chi connectivity index (χ4v) is 6.34. The molecule has 2 aliphatic rings. The Bertz CT molecular complexity index is 1410. The minimum atomic E-state index is -2.85. The second kappa shape index (κ2) is 7.20. The maximum absolute atomic E-state index is 14.1. The average Bonchev–Trinajstić information content (AvgIpc) is 3.27. The summed E-state index contributed by atoms with van der Waals surface area (Å²) < 4.78 is 28.2. The summed E-state index contributed by atoms with van der Waals surface area (Å²) in [4.78, 5) is 8.77. The number of nitrogens with two attached hydrogens (primary N) is 1. The molecule has 0 amide bonds. The first-order valence-corrected chi connectivity index (χ1v) is 11.8. The van der Waals surface area contributed by atoms with E-state index < -0.39 is 16.0 Å². The van der Waals surface area contributed by atoms with E-state index in [1.165, 1.54) is 10.9 Å². The quantitative estimate of drug-likeness (QED) is 0.556. The number of aryl methyl sites for hydroxylation is 2. The molecule has 2 aliphatic heterocycles. The highest BCUT2D eigenvalue weighted by Crippen LogP contribution is 2.40. The van der Waals surface area contributed by atoms with Crippen LogP contribution in [-0.2, 0) is 17.0 Å². The van der Waals surface area contributed by atoms with E-state index >= 15 is 0 Å². The van der Waals surface area contributed by atoms with Gasteiger partial charge < -0.3 is 10.5 Å². The molecule has 3 aromatic rings. The number of anilines is 2. The number of aromatic nitrogens is 4. The third kappa shape index (κ3) is 3.06. The number of nitrogens with zero attached hydrogens (tertiary/aromatic N) is 7. The zero-order valence-electron chi connectivity index (χ0n) is 17.9. The van der Waals surface area contributed by atoms with Gasteiger partial charge >= 0.3 is 0 Å². The van der Waals surface area contributed by atoms with Crippen molar-refractivity contribution in [3.63, 3.8) is 0 Å². The Labute approximate surface area is 186 Å². The molecule has 11 heteroatoms. The van der Waals surface area contributed by atoms with Crippen LogP contribution in [0.1, 0.15) is 36.3 Å². The lowest BCUT2D eigenvalue weighted by atomic mass is 10.0. The number of rotatable bonds is 0. The molecule has 1 saturated heterocycles. The van der Waals surface area contributed by atoms with Gasteiger partial charge in [0.2, 0.25) is 0 Å². The smallest absolute Gasteiger partial charge is 0.258 e. The molecule has 2 N–H and O–H groups in total. The molecule has 32 heavy (non-hydrogen) atoms. The number of ether oxygens (including phenoxy) is 1. The average molecular weight is 451 g/mol. The van der Waals surface area contributed by atoms with Gasteiger partial charge in [-0.25, -0.2) is 14.2 Å². The molecular weight excluding hydrogens is 428 g/mol. The highest BCUT2D eigenvalue weighted by Gasteiger charge is 2.33. The van der Waals surface area contributed by atoms with Gasteiger partial charge in [0, 0.05) is 19.2 Å². The number of fused-ring (bicyclic) bond motifs is 7. The maximum Gasteiger partial charge on any atom is 0.258 e. The van der Waals surface area contributed by atoms with Crippen LogP contribution in [0.5, 0.6) is 5.88 Å². The first-order valence-electron chi connectivity index (χ1n) is 10.2. The van der Waals surface area contributed by atoms with Crippen LogP contribution in [0.4, 0.5) is 17.3 Å². The predicted molar refractivity (Wildman–Crippen MR) is 121 cm³/mol. The molecule has 2 bridgehead atoms. The van der Waals surface area contributed by atoms with Crippen LogP contribution in [0.2, 0.25) is 0 Å². The summed E-state index contributed by atoms with van der Waals surface area (Å²) in [5.74, 6) is 0.876. The minimum Gasteiger partial charge on any atom is -0.467 e. The molecule has 1 unspecified atom stereocenters. The molecule has 0 spiro atoms. The molecule has 5 rings (SSSR count). The van der Waals surface area contributed by atoms with Crippen molar-refractivity contribution in [2.24, 2.45) is 11.4 Å². The largest absolute Gasteiger partial charge is 0.467 e. The Morgan fingerprint density at radius 2 is 2.19 bits per heavy atom. The van der Waals surface area contributed by atoms with Gasteiger partial charge in [0.1, 0.15) is 27.8 Å². The van der Waals surface area contributed by atoms with E-state index in [2.05, 4.69) is 25.5 Å². The highest BCUT2D eigenvalue weighted by atomic mass is 32.2. The SMILES string of the molecule is Cc1ccc2c(c1)[C@@H](C)Oc1nc(cnc1N)-c1c(nn(C)c1C#N)N=S1(=O)CCCN21. The molecule has 2 aromatic heterocycles. The Kier molecular flexibility index (Phi) is 4.56. The van der Waals surface area contributed by atoms with Crippen LogP contribution >= 0.6 is 0 Å². The van der Waals surface area contributed by atoms with Gasteiger partial charge in [-0.3, -0.25) is 8.99 Å². The first kappa shape index (κ1) is 20.3. The lowest BCUT2D eigenvalue weighted by molar-refractivity contribution is 0.219. The number of hydrogen-bond acceptors (Lipinski definition) is 8. The molecule has 10 nitrogen and oxygen atoms in total. The third-order valence-corrected chi connectivity index (χ3v) is 8.03. The summed E-state index contributed by atoms with van der Waals surface area (Å²) in [7, 11) is -1.21. The third-order valence-electron chi connectivity index (χ3n) is 5.68. The minimum absolute atomic E-state index is 0.137. The van der Waals surface area contributed by atoms with E-state index in [4.69, 9.17) is 10.5 Å². The monoisotopic (exact) mass is 450 g/mol. The van der Waals surface area contributed by atoms with Crippen molar-refractivity contribution in [3.8, 4) is 23.2 Å². The van der Waals surface area contributed by atoms with Gasteiger partial charge in [0.25, 0.3) is 5.88 Å². The van der Waals surface area contributed by atoms with Crippen LogP contribution < -0.4 is 14.8 Å². The lowest BCUT2D eigenvalue weighted by Crippen LogP contribution is -2.27. The Morgan fingerprint density at radius 3 is 2.97 bits per heavy atom. The normalized spacial score (nSPS) is 21.7. The molecule has 0 saturated carbocycles. The van der Waals surface area contributed by atoms with E-state index in [0.29, 0.717) is 23.6 Å². The summed E-state index contributed by atoms with van der Waals surface area (Å²) in [6.07, 6.45) is 1.73. The number of benzene rings is 1. The van der Waals surface area contributed by atoms with Crippen LogP contribution in [0.3, 0.4) is 0 Å². The standard InChI is InChI=1S/C21H22N8O2S/c1-12-5-6-16-14(9-12)13(2)31-21-19(23)24-11-15(25-21)18-17(10-22)28(3)26-20(18)27-32(30)8-4-7-29(16)32/h5-6,9,11,13H,4,7-8H2,1-3H3,(H2,23,24)/t13-,32?/m1/s1. The summed E-state index contributed by atoms with van der Waals surface area (Å²) in [5, 5.41) is 14.1. The van der Waals surface area contributed by atoms with Gasteiger partial charge in [-0.05, 0) is 26.3 Å². The zero-order valence-corrected chi connectivity index (χ0v) is 18.8. The first-order chi connectivity index (χ1) is 15.3. The Balaban J connectivity index is 1.88. The maximum atomic E-state index is 14.1. The number of nitrogen functional groups attached to an aromatic ring is 1.